The van der Waals surface area contributed by atoms with Crippen molar-refractivity contribution in [3.05, 3.63) is 47.6 Å². The number of allylic oxidation sites excluding steroid dienone is 6. The Hall–Kier alpha value is -3.94. The monoisotopic (exact) mass is 1030 g/mol. The largest absolute Gasteiger partial charge is 0.460 e. The van der Waals surface area contributed by atoms with Gasteiger partial charge in [0.15, 0.2) is 5.78 Å². The highest BCUT2D eigenvalue weighted by atomic mass is 16.6. The first-order chi connectivity index (χ1) is 34.5. The second kappa shape index (κ2) is 28.3. The average molecular weight is 1030 g/mol. The van der Waals surface area contributed by atoms with E-state index >= 15 is 0 Å². The molecule has 0 spiro atoms. The van der Waals surface area contributed by atoms with Gasteiger partial charge in [0.25, 0.3) is 11.7 Å². The molecule has 2 bridgehead atoms. The van der Waals surface area contributed by atoms with Crippen molar-refractivity contribution in [1.82, 2.24) is 4.90 Å². The van der Waals surface area contributed by atoms with Crippen LogP contribution in [0.3, 0.4) is 0 Å². The van der Waals surface area contributed by atoms with Crippen LogP contribution in [0.25, 0.3) is 0 Å². The zero-order chi connectivity index (χ0) is 54.4. The van der Waals surface area contributed by atoms with E-state index in [0.717, 1.165) is 10.5 Å². The molecule has 73 heavy (non-hydrogen) atoms. The quantitative estimate of drug-likeness (QED) is 0.116. The fourth-order valence-corrected chi connectivity index (χ4v) is 10.7. The summed E-state index contributed by atoms with van der Waals surface area (Å²) in [7, 11) is 4.43. The summed E-state index contributed by atoms with van der Waals surface area (Å²) in [5.41, 5.74) is -0.277. The maximum atomic E-state index is 14.5. The molecule has 0 unspecified atom stereocenters. The molecule has 412 valence electrons. The summed E-state index contributed by atoms with van der Waals surface area (Å²) in [5.74, 6) is -9.36. The van der Waals surface area contributed by atoms with Crippen molar-refractivity contribution in [3.8, 4) is 0 Å². The Labute approximate surface area is 433 Å². The molecule has 4 aliphatic rings. The van der Waals surface area contributed by atoms with E-state index in [9.17, 15) is 49.2 Å². The molecule has 17 heteroatoms. The van der Waals surface area contributed by atoms with Crippen molar-refractivity contribution >= 4 is 35.2 Å². The third-order valence-corrected chi connectivity index (χ3v) is 15.9. The zero-order valence-electron chi connectivity index (χ0n) is 45.3. The number of piperidine rings is 1. The molecule has 3 fully saturated rings. The van der Waals surface area contributed by atoms with Crippen LogP contribution in [0.4, 0.5) is 0 Å². The van der Waals surface area contributed by atoms with Crippen molar-refractivity contribution in [2.24, 2.45) is 40.9 Å². The van der Waals surface area contributed by atoms with Crippen LogP contribution in [-0.4, -0.2) is 156 Å². The number of esters is 2. The molecule has 1 amide bonds. The molecule has 17 nitrogen and oxygen atoms in total. The number of ether oxygens (including phenoxy) is 6. The van der Waals surface area contributed by atoms with Crippen molar-refractivity contribution < 1.29 is 77.6 Å². The van der Waals surface area contributed by atoms with Crippen LogP contribution in [0.5, 0.6) is 0 Å². The second-order valence-corrected chi connectivity index (χ2v) is 21.8. The third-order valence-electron chi connectivity index (χ3n) is 15.9. The molecule has 0 aromatic heterocycles. The number of aliphatic hydroxyl groups is 4. The molecule has 3 aliphatic heterocycles. The van der Waals surface area contributed by atoms with Crippen LogP contribution < -0.4 is 0 Å². The van der Waals surface area contributed by atoms with Gasteiger partial charge in [-0.2, -0.15) is 0 Å². The Balaban J connectivity index is 1.69. The van der Waals surface area contributed by atoms with Gasteiger partial charge in [0.1, 0.15) is 41.7 Å². The minimum atomic E-state index is -2.47. The van der Waals surface area contributed by atoms with E-state index in [1.807, 2.05) is 51.2 Å². The van der Waals surface area contributed by atoms with Gasteiger partial charge in [0, 0.05) is 58.5 Å². The Morgan fingerprint density at radius 2 is 1.56 bits per heavy atom. The van der Waals surface area contributed by atoms with Gasteiger partial charge in [-0.1, -0.05) is 71.1 Å². The fourth-order valence-electron chi connectivity index (χ4n) is 10.7. The molecule has 4 rings (SSSR count). The van der Waals surface area contributed by atoms with Gasteiger partial charge in [0.2, 0.25) is 5.79 Å². The number of aliphatic hydroxyl groups excluding tert-OH is 3. The standard InChI is InChI=1S/C56H87NO16/c1-33-17-13-12-14-18-34(2)45(68-9)29-41-22-20-39(7)56(67,73-41)51(63)52(64)57-24-16-15-19-42(57)53(65)71-46(30-43(60)35(3)26-38(6)49(62)50(70-11)48(61)37(5)25-33)36(4)27-40-21-23-44(47(28-40)69-10)72-54(66)55(8,31-58)32-59/h12-14,17-18,26,33,35-37,39-42,44-47,49-50,58-59,62,67H,15-16,19-25,27-32H2,1-11H3/b14-12+,17-13-,34-18+,38-26+/t33-,35-,36-,37-,39-,40+,41+,42+,44-,45-,46+,47-,49-,50+,56-/m1/s1. The number of nitrogens with zero attached hydrogens (tertiary/aromatic N) is 1. The molecule has 1 saturated carbocycles. The van der Waals surface area contributed by atoms with Gasteiger partial charge in [0.05, 0.1) is 31.5 Å². The second-order valence-electron chi connectivity index (χ2n) is 21.8. The molecule has 0 radical (unpaired) electrons. The normalized spacial score (nSPS) is 37.4. The van der Waals surface area contributed by atoms with Crippen molar-refractivity contribution in [3.63, 3.8) is 0 Å². The van der Waals surface area contributed by atoms with Crippen LogP contribution >= 0.6 is 0 Å². The molecule has 2 saturated heterocycles. The zero-order valence-corrected chi connectivity index (χ0v) is 45.3. The first-order valence-electron chi connectivity index (χ1n) is 26.4. The highest BCUT2D eigenvalue weighted by Gasteiger charge is 2.53. The number of Topliss-reactive ketones (excluding diaryl/α,β-unsaturated/α-hetero) is 3. The Kier molecular flexibility index (Phi) is 23.9. The number of hydrogen-bond donors (Lipinski definition) is 4. The Morgan fingerprint density at radius 3 is 2.21 bits per heavy atom. The third kappa shape index (κ3) is 16.0. The number of carbonyl (C=O) groups excluding carboxylic acids is 6. The van der Waals surface area contributed by atoms with Crippen LogP contribution in [-0.2, 0) is 57.2 Å². The number of cyclic esters (lactones) is 1. The molecular weight excluding hydrogens is 943 g/mol. The number of carbonyl (C=O) groups is 6. The van der Waals surface area contributed by atoms with Crippen LogP contribution in [0, 0.1) is 40.9 Å². The lowest BCUT2D eigenvalue weighted by Crippen LogP contribution is -2.61. The lowest BCUT2D eigenvalue weighted by Gasteiger charge is -2.42. The lowest BCUT2D eigenvalue weighted by atomic mass is 9.78. The van der Waals surface area contributed by atoms with E-state index in [-0.39, 0.29) is 42.8 Å². The summed E-state index contributed by atoms with van der Waals surface area (Å²) in [6.45, 7) is 12.7. The number of rotatable bonds is 10. The number of hydrogen-bond acceptors (Lipinski definition) is 16. The number of ketones is 3. The van der Waals surface area contributed by atoms with Gasteiger partial charge < -0.3 is 53.7 Å². The van der Waals surface area contributed by atoms with Crippen molar-refractivity contribution in [2.75, 3.05) is 41.1 Å². The predicted octanol–water partition coefficient (Wildman–Crippen LogP) is 5.72. The first-order valence-corrected chi connectivity index (χ1v) is 26.4. The van der Waals surface area contributed by atoms with Crippen LogP contribution in [0.1, 0.15) is 132 Å². The molecule has 15 atom stereocenters. The van der Waals surface area contributed by atoms with Crippen LogP contribution in [0.15, 0.2) is 47.6 Å². The SMILES string of the molecule is CO[C@@H]1C[C@@H]2CC[C@@H](C)[C@@](O)(O2)C(=O)C(=O)N2CCCC[C@H]2C(=O)O[C@H]([C@H](C)C[C@@H]2CC[C@@H](OC(=O)C(C)(CO)CO)[C@H](OC)C2)CC(=O)[C@H](C)/C=C(\C)[C@@H](O)[C@@H](OC)C(=O)[C@H](C)C[C@H](C)\C=C/C=C/C=C/1C. The smallest absolute Gasteiger partial charge is 0.329 e. The molecule has 0 aromatic rings. The van der Waals surface area contributed by atoms with E-state index in [4.69, 9.17) is 28.4 Å². The summed E-state index contributed by atoms with van der Waals surface area (Å²) in [6, 6.07) is -1.20. The maximum Gasteiger partial charge on any atom is 0.329 e. The average Bonchev–Trinajstić information content (AvgIpc) is 3.37. The highest BCUT2D eigenvalue weighted by Crippen LogP contribution is 2.38. The van der Waals surface area contributed by atoms with Gasteiger partial charge >= 0.3 is 11.9 Å². The van der Waals surface area contributed by atoms with Gasteiger partial charge in [-0.25, -0.2) is 4.79 Å². The maximum absolute atomic E-state index is 14.5. The summed E-state index contributed by atoms with van der Waals surface area (Å²) < 4.78 is 35.4. The van der Waals surface area contributed by atoms with E-state index in [1.165, 1.54) is 21.1 Å². The Bertz CT molecular complexity index is 2010. The van der Waals surface area contributed by atoms with Crippen LogP contribution in [0.2, 0.25) is 0 Å². The Morgan fingerprint density at radius 1 is 0.863 bits per heavy atom. The van der Waals surface area contributed by atoms with E-state index in [1.54, 1.807) is 40.9 Å². The summed E-state index contributed by atoms with van der Waals surface area (Å²) in [6.07, 6.45) is 9.76. The number of fused-ring (bicyclic) bond motifs is 3. The molecule has 4 N–H and O–H groups in total. The molecule has 3 heterocycles. The minimum Gasteiger partial charge on any atom is -0.460 e. The minimum absolute atomic E-state index is 0.00697. The van der Waals surface area contributed by atoms with Gasteiger partial charge in [-0.3, -0.25) is 24.0 Å². The van der Waals surface area contributed by atoms with E-state index in [0.29, 0.717) is 69.8 Å². The summed E-state index contributed by atoms with van der Waals surface area (Å²) >= 11 is 0. The van der Waals surface area contributed by atoms with Gasteiger partial charge in [-0.05, 0) is 114 Å². The van der Waals surface area contributed by atoms with E-state index < -0.39 is 120 Å². The number of methoxy groups -OCH3 is 3. The first kappa shape index (κ1) is 61.6. The molecule has 0 aromatic carbocycles. The summed E-state index contributed by atoms with van der Waals surface area (Å²) in [4.78, 5) is 85.4. The van der Waals surface area contributed by atoms with Crippen molar-refractivity contribution in [1.29, 1.82) is 0 Å². The topological polar surface area (TPSA) is 242 Å². The molecular formula is C56H87NO16. The number of amides is 1. The lowest BCUT2D eigenvalue weighted by molar-refractivity contribution is -0.265. The van der Waals surface area contributed by atoms with Crippen molar-refractivity contribution in [2.45, 2.75) is 187 Å². The molecule has 1 aliphatic carbocycles. The fraction of sp³-hybridized carbons (Fsp3) is 0.750. The van der Waals surface area contributed by atoms with Gasteiger partial charge in [-0.15, -0.1) is 0 Å². The predicted molar refractivity (Wildman–Crippen MR) is 271 cm³/mol. The highest BCUT2D eigenvalue weighted by molar-refractivity contribution is 6.39. The summed E-state index contributed by atoms with van der Waals surface area (Å²) in [5, 5.41) is 43.1. The van der Waals surface area contributed by atoms with E-state index in [2.05, 4.69) is 0 Å².